The number of benzene rings is 2. The van der Waals surface area contributed by atoms with Gasteiger partial charge in [0, 0.05) is 25.4 Å². The van der Waals surface area contributed by atoms with Crippen LogP contribution in [0.5, 0.6) is 11.5 Å². The number of carbonyl (C=O) groups is 1. The zero-order valence-electron chi connectivity index (χ0n) is 20.6. The van der Waals surface area contributed by atoms with E-state index >= 15 is 0 Å². The Kier molecular flexibility index (Phi) is 9.58. The molecule has 2 rings (SSSR count). The smallest absolute Gasteiger partial charge is 0.303 e. The van der Waals surface area contributed by atoms with Gasteiger partial charge in [-0.2, -0.15) is 0 Å². The molecule has 2 aromatic rings. The summed E-state index contributed by atoms with van der Waals surface area (Å²) >= 11 is 0. The van der Waals surface area contributed by atoms with Crippen LogP contribution in [0.25, 0.3) is 0 Å². The molecule has 0 radical (unpaired) electrons. The first-order valence-electron chi connectivity index (χ1n) is 11.3. The molecule has 176 valence electrons. The Labute approximate surface area is 193 Å². The lowest BCUT2D eigenvalue weighted by Crippen LogP contribution is -2.23. The first-order valence-corrected chi connectivity index (χ1v) is 11.3. The zero-order valence-corrected chi connectivity index (χ0v) is 20.6. The SMILES string of the molecule is CC[C@H](COc1ccc(C(C)(C)c2ccc(OC[C@H](C)COC)cc2)cc1C)OC(C)=O. The van der Waals surface area contributed by atoms with Gasteiger partial charge in [0.1, 0.15) is 24.2 Å². The van der Waals surface area contributed by atoms with E-state index in [9.17, 15) is 4.79 Å². The van der Waals surface area contributed by atoms with Crippen molar-refractivity contribution in [2.24, 2.45) is 5.92 Å². The van der Waals surface area contributed by atoms with Crippen LogP contribution in [-0.4, -0.2) is 39.0 Å². The Hall–Kier alpha value is -2.53. The Morgan fingerprint density at radius 1 is 0.969 bits per heavy atom. The van der Waals surface area contributed by atoms with E-state index in [4.69, 9.17) is 18.9 Å². The van der Waals surface area contributed by atoms with E-state index in [2.05, 4.69) is 45.0 Å². The molecule has 0 saturated heterocycles. The summed E-state index contributed by atoms with van der Waals surface area (Å²) in [6, 6.07) is 14.6. The monoisotopic (exact) mass is 442 g/mol. The third kappa shape index (κ3) is 7.27. The average molecular weight is 443 g/mol. The summed E-state index contributed by atoms with van der Waals surface area (Å²) in [7, 11) is 1.71. The lowest BCUT2D eigenvalue weighted by atomic mass is 9.77. The van der Waals surface area contributed by atoms with Gasteiger partial charge < -0.3 is 18.9 Å². The molecule has 0 N–H and O–H groups in total. The van der Waals surface area contributed by atoms with Gasteiger partial charge in [-0.25, -0.2) is 0 Å². The third-order valence-electron chi connectivity index (χ3n) is 5.67. The van der Waals surface area contributed by atoms with Crippen LogP contribution in [0.3, 0.4) is 0 Å². The molecule has 5 heteroatoms. The van der Waals surface area contributed by atoms with Crippen molar-refractivity contribution in [1.82, 2.24) is 0 Å². The fraction of sp³-hybridized carbons (Fsp3) is 0.519. The fourth-order valence-corrected chi connectivity index (χ4v) is 3.56. The first-order chi connectivity index (χ1) is 15.2. The molecule has 0 saturated carbocycles. The van der Waals surface area contributed by atoms with Gasteiger partial charge in [-0.05, 0) is 48.2 Å². The van der Waals surface area contributed by atoms with E-state index in [1.165, 1.54) is 18.1 Å². The van der Waals surface area contributed by atoms with E-state index in [1.54, 1.807) is 7.11 Å². The van der Waals surface area contributed by atoms with E-state index < -0.39 is 0 Å². The van der Waals surface area contributed by atoms with Gasteiger partial charge in [0.15, 0.2) is 0 Å². The minimum absolute atomic E-state index is 0.172. The van der Waals surface area contributed by atoms with Gasteiger partial charge in [-0.1, -0.05) is 52.0 Å². The highest BCUT2D eigenvalue weighted by molar-refractivity contribution is 5.66. The predicted molar refractivity (Wildman–Crippen MR) is 128 cm³/mol. The summed E-state index contributed by atoms with van der Waals surface area (Å²) in [6.45, 7) is 13.6. The van der Waals surface area contributed by atoms with Gasteiger partial charge in [0.05, 0.1) is 13.2 Å². The Morgan fingerprint density at radius 3 is 2.19 bits per heavy atom. The molecule has 2 atom stereocenters. The molecular weight excluding hydrogens is 404 g/mol. The van der Waals surface area contributed by atoms with Crippen molar-refractivity contribution in [2.45, 2.75) is 59.5 Å². The van der Waals surface area contributed by atoms with Crippen molar-refractivity contribution >= 4 is 5.97 Å². The summed E-state index contributed by atoms with van der Waals surface area (Å²) in [5, 5.41) is 0. The molecular formula is C27H38O5. The number of rotatable bonds is 12. The molecule has 32 heavy (non-hydrogen) atoms. The molecule has 0 aliphatic rings. The molecule has 2 aromatic carbocycles. The van der Waals surface area contributed by atoms with Gasteiger partial charge in [-0.3, -0.25) is 4.79 Å². The highest BCUT2D eigenvalue weighted by atomic mass is 16.6. The zero-order chi connectivity index (χ0) is 23.7. The van der Waals surface area contributed by atoms with Crippen LogP contribution in [-0.2, 0) is 19.7 Å². The Morgan fingerprint density at radius 2 is 1.62 bits per heavy atom. The lowest BCUT2D eigenvalue weighted by molar-refractivity contribution is -0.147. The Balaban J connectivity index is 2.06. The summed E-state index contributed by atoms with van der Waals surface area (Å²) in [5.74, 6) is 1.74. The molecule has 0 fully saturated rings. The van der Waals surface area contributed by atoms with Gasteiger partial charge in [0.2, 0.25) is 0 Å². The molecule has 0 aliphatic carbocycles. The van der Waals surface area contributed by atoms with E-state index in [0.29, 0.717) is 25.7 Å². The molecule has 0 unspecified atom stereocenters. The first kappa shape index (κ1) is 25.7. The summed E-state index contributed by atoms with van der Waals surface area (Å²) < 4.78 is 22.3. The van der Waals surface area contributed by atoms with Gasteiger partial charge in [0.25, 0.3) is 0 Å². The highest BCUT2D eigenvalue weighted by Crippen LogP contribution is 2.34. The van der Waals surface area contributed by atoms with Crippen LogP contribution < -0.4 is 9.47 Å². The quantitative estimate of drug-likeness (QED) is 0.395. The van der Waals surface area contributed by atoms with Crippen LogP contribution in [0.15, 0.2) is 42.5 Å². The van der Waals surface area contributed by atoms with E-state index in [-0.39, 0.29) is 17.5 Å². The highest BCUT2D eigenvalue weighted by Gasteiger charge is 2.24. The van der Waals surface area contributed by atoms with Crippen molar-refractivity contribution in [2.75, 3.05) is 26.9 Å². The third-order valence-corrected chi connectivity index (χ3v) is 5.67. The summed E-state index contributed by atoms with van der Waals surface area (Å²) in [4.78, 5) is 11.2. The number of hydrogen-bond donors (Lipinski definition) is 0. The molecule has 0 amide bonds. The number of methoxy groups -OCH3 is 1. The number of aryl methyl sites for hydroxylation is 1. The number of ether oxygens (including phenoxy) is 4. The molecule has 0 bridgehead atoms. The van der Waals surface area contributed by atoms with Crippen molar-refractivity contribution < 1.29 is 23.7 Å². The summed E-state index contributed by atoms with van der Waals surface area (Å²) in [5.41, 5.74) is 3.30. The Bertz CT molecular complexity index is 857. The maximum Gasteiger partial charge on any atom is 0.303 e. The second-order valence-corrected chi connectivity index (χ2v) is 8.95. The van der Waals surface area contributed by atoms with Crippen LogP contribution in [0.1, 0.15) is 57.7 Å². The molecule has 0 aromatic heterocycles. The minimum Gasteiger partial charge on any atom is -0.493 e. The number of carbonyl (C=O) groups excluding carboxylic acids is 1. The number of hydrogen-bond acceptors (Lipinski definition) is 5. The van der Waals surface area contributed by atoms with E-state index in [1.807, 2.05) is 32.0 Å². The van der Waals surface area contributed by atoms with Crippen molar-refractivity contribution in [3.63, 3.8) is 0 Å². The topological polar surface area (TPSA) is 54.0 Å². The van der Waals surface area contributed by atoms with Crippen LogP contribution >= 0.6 is 0 Å². The van der Waals surface area contributed by atoms with Gasteiger partial charge in [-0.15, -0.1) is 0 Å². The van der Waals surface area contributed by atoms with Gasteiger partial charge >= 0.3 is 5.97 Å². The van der Waals surface area contributed by atoms with Crippen molar-refractivity contribution in [1.29, 1.82) is 0 Å². The lowest BCUT2D eigenvalue weighted by Gasteiger charge is -2.27. The van der Waals surface area contributed by atoms with Crippen molar-refractivity contribution in [3.05, 3.63) is 59.2 Å². The molecule has 0 spiro atoms. The minimum atomic E-state index is -0.282. The summed E-state index contributed by atoms with van der Waals surface area (Å²) in [6.07, 6.45) is 0.482. The normalized spacial score (nSPS) is 13.3. The molecule has 0 aliphatic heterocycles. The molecule has 0 heterocycles. The van der Waals surface area contributed by atoms with Crippen LogP contribution in [0.2, 0.25) is 0 Å². The number of esters is 1. The second kappa shape index (κ2) is 11.9. The van der Waals surface area contributed by atoms with Crippen LogP contribution in [0, 0.1) is 12.8 Å². The predicted octanol–water partition coefficient (Wildman–Crippen LogP) is 5.70. The molecule has 5 nitrogen and oxygen atoms in total. The maximum absolute atomic E-state index is 11.2. The van der Waals surface area contributed by atoms with Crippen molar-refractivity contribution in [3.8, 4) is 11.5 Å². The maximum atomic E-state index is 11.2. The second-order valence-electron chi connectivity index (χ2n) is 8.95. The fourth-order valence-electron chi connectivity index (χ4n) is 3.56. The van der Waals surface area contributed by atoms with Crippen LogP contribution in [0.4, 0.5) is 0 Å². The van der Waals surface area contributed by atoms with E-state index in [0.717, 1.165) is 23.5 Å². The largest absolute Gasteiger partial charge is 0.493 e. The average Bonchev–Trinajstić information content (AvgIpc) is 2.76. The standard InChI is InChI=1S/C27H38O5/c1-8-24(32-21(4)28)18-31-26-14-11-23(15-20(26)3)27(5,6)22-9-12-25(13-10-22)30-17-19(2)16-29-7/h9-15,19,24H,8,16-18H2,1-7H3/t19-,24-/m1/s1.